The number of aliphatic hydroxyl groups is 8. The predicted molar refractivity (Wildman–Crippen MR) is 131 cm³/mol. The van der Waals surface area contributed by atoms with Crippen LogP contribution >= 0.6 is 0 Å². The number of hydrogen-bond acceptors (Lipinski definition) is 17. The lowest BCUT2D eigenvalue weighted by molar-refractivity contribution is -0.332. The molecule has 234 valence electrons. The molecule has 0 aromatic rings. The number of aliphatic hydroxyl groups excluding tert-OH is 8. The molecular formula is C22H43N5O13. The highest BCUT2D eigenvalue weighted by molar-refractivity contribution is 5.80. The van der Waals surface area contributed by atoms with Crippen LogP contribution in [0.15, 0.2) is 0 Å². The average molecular weight is 586 g/mol. The maximum absolute atomic E-state index is 12.6. The summed E-state index contributed by atoms with van der Waals surface area (Å²) in [6.07, 6.45) is -19.8. The molecule has 0 radical (unpaired) electrons. The topological polar surface area (TPSA) is 332 Å². The molecule has 1 saturated carbocycles. The minimum Gasteiger partial charge on any atom is -0.394 e. The smallest absolute Gasteiger partial charge is 0.249 e. The molecule has 0 aromatic heterocycles. The molecule has 18 nitrogen and oxygen atoms in total. The summed E-state index contributed by atoms with van der Waals surface area (Å²) in [5, 5.41) is 84.9. The number of amides is 1. The van der Waals surface area contributed by atoms with Crippen molar-refractivity contribution in [2.24, 2.45) is 22.9 Å². The zero-order valence-electron chi connectivity index (χ0n) is 21.7. The van der Waals surface area contributed by atoms with E-state index in [1.54, 1.807) is 0 Å². The van der Waals surface area contributed by atoms with Gasteiger partial charge >= 0.3 is 0 Å². The van der Waals surface area contributed by atoms with Crippen LogP contribution in [0.5, 0.6) is 0 Å². The lowest BCUT2D eigenvalue weighted by atomic mass is 9.83. The summed E-state index contributed by atoms with van der Waals surface area (Å²) in [4.78, 5) is 12.6. The van der Waals surface area contributed by atoms with Gasteiger partial charge in [0, 0.05) is 12.6 Å². The molecule has 2 heterocycles. The van der Waals surface area contributed by atoms with Crippen LogP contribution in [0.3, 0.4) is 0 Å². The van der Waals surface area contributed by atoms with E-state index in [9.17, 15) is 45.6 Å². The Morgan fingerprint density at radius 2 is 1.45 bits per heavy atom. The molecule has 3 aliphatic rings. The van der Waals surface area contributed by atoms with Gasteiger partial charge in [-0.3, -0.25) is 4.79 Å². The number of nitrogens with two attached hydrogens (primary N) is 4. The Balaban J connectivity index is 1.85. The summed E-state index contributed by atoms with van der Waals surface area (Å²) in [7, 11) is 0. The molecule has 2 unspecified atom stereocenters. The third-order valence-corrected chi connectivity index (χ3v) is 7.51. The first-order valence-electron chi connectivity index (χ1n) is 13.1. The molecule has 2 saturated heterocycles. The molecule has 2 aliphatic heterocycles. The first kappa shape index (κ1) is 33.3. The van der Waals surface area contributed by atoms with Crippen LogP contribution in [0.2, 0.25) is 0 Å². The summed E-state index contributed by atoms with van der Waals surface area (Å²) in [6, 6.07) is -3.45. The molecule has 3 rings (SSSR count). The van der Waals surface area contributed by atoms with Gasteiger partial charge in [0.1, 0.15) is 67.1 Å². The van der Waals surface area contributed by atoms with Crippen LogP contribution in [-0.4, -0.2) is 164 Å². The molecule has 0 spiro atoms. The number of nitrogens with one attached hydrogen (secondary N) is 1. The van der Waals surface area contributed by atoms with Crippen molar-refractivity contribution in [1.82, 2.24) is 5.32 Å². The van der Waals surface area contributed by atoms with Crippen LogP contribution in [0, 0.1) is 0 Å². The lowest BCUT2D eigenvalue weighted by Crippen LogP contribution is -2.69. The maximum Gasteiger partial charge on any atom is 0.249 e. The Morgan fingerprint density at radius 3 is 2.05 bits per heavy atom. The maximum atomic E-state index is 12.6. The van der Waals surface area contributed by atoms with Gasteiger partial charge in [0.2, 0.25) is 5.91 Å². The Morgan fingerprint density at radius 1 is 0.850 bits per heavy atom. The Bertz CT molecular complexity index is 815. The van der Waals surface area contributed by atoms with Gasteiger partial charge in [-0.15, -0.1) is 0 Å². The number of ether oxygens (including phenoxy) is 4. The van der Waals surface area contributed by atoms with Crippen molar-refractivity contribution in [3.63, 3.8) is 0 Å². The van der Waals surface area contributed by atoms with Gasteiger partial charge < -0.3 is 88.1 Å². The molecule has 17 N–H and O–H groups in total. The predicted octanol–water partition coefficient (Wildman–Crippen LogP) is -8.42. The van der Waals surface area contributed by atoms with Crippen molar-refractivity contribution in [3.8, 4) is 0 Å². The van der Waals surface area contributed by atoms with E-state index in [1.165, 1.54) is 0 Å². The molecule has 1 aliphatic carbocycles. The quantitative estimate of drug-likeness (QED) is 0.113. The van der Waals surface area contributed by atoms with Gasteiger partial charge in [-0.1, -0.05) is 0 Å². The lowest BCUT2D eigenvalue weighted by Gasteiger charge is -2.49. The second-order valence-corrected chi connectivity index (χ2v) is 10.3. The van der Waals surface area contributed by atoms with E-state index in [2.05, 4.69) is 5.32 Å². The number of carbonyl (C=O) groups excluding carboxylic acids is 1. The third-order valence-electron chi connectivity index (χ3n) is 7.51. The van der Waals surface area contributed by atoms with Gasteiger partial charge in [0.05, 0.1) is 18.7 Å². The van der Waals surface area contributed by atoms with Crippen molar-refractivity contribution < 1.29 is 64.6 Å². The Kier molecular flexibility index (Phi) is 11.9. The Hall–Kier alpha value is -1.17. The summed E-state index contributed by atoms with van der Waals surface area (Å²) >= 11 is 0. The molecule has 40 heavy (non-hydrogen) atoms. The van der Waals surface area contributed by atoms with Crippen molar-refractivity contribution in [3.05, 3.63) is 0 Å². The normalized spacial score (nSPS) is 47.0. The van der Waals surface area contributed by atoms with Crippen molar-refractivity contribution in [2.75, 3.05) is 19.7 Å². The minimum atomic E-state index is -1.76. The summed E-state index contributed by atoms with van der Waals surface area (Å²) < 4.78 is 22.5. The van der Waals surface area contributed by atoms with Gasteiger partial charge in [0.25, 0.3) is 0 Å². The number of rotatable bonds is 10. The molecule has 0 bridgehead atoms. The van der Waals surface area contributed by atoms with E-state index in [-0.39, 0.29) is 25.9 Å². The molecule has 0 aromatic carbocycles. The third kappa shape index (κ3) is 7.06. The van der Waals surface area contributed by atoms with Crippen LogP contribution in [0.4, 0.5) is 0 Å². The van der Waals surface area contributed by atoms with Crippen LogP contribution in [0.25, 0.3) is 0 Å². The van der Waals surface area contributed by atoms with Gasteiger partial charge in [-0.25, -0.2) is 0 Å². The molecular weight excluding hydrogens is 542 g/mol. The highest BCUT2D eigenvalue weighted by atomic mass is 16.7. The monoisotopic (exact) mass is 585 g/mol. The van der Waals surface area contributed by atoms with E-state index in [0.29, 0.717) is 0 Å². The van der Waals surface area contributed by atoms with E-state index in [0.717, 1.165) is 0 Å². The average Bonchev–Trinajstić information content (AvgIpc) is 2.92. The number of carbonyl (C=O) groups is 1. The second kappa shape index (κ2) is 14.3. The first-order valence-corrected chi connectivity index (χ1v) is 13.1. The first-order chi connectivity index (χ1) is 18.9. The van der Waals surface area contributed by atoms with Gasteiger partial charge in [-0.05, 0) is 19.4 Å². The van der Waals surface area contributed by atoms with Crippen molar-refractivity contribution in [1.29, 1.82) is 0 Å². The van der Waals surface area contributed by atoms with Crippen LogP contribution < -0.4 is 28.3 Å². The zero-order valence-corrected chi connectivity index (χ0v) is 21.7. The fourth-order valence-electron chi connectivity index (χ4n) is 5.07. The van der Waals surface area contributed by atoms with E-state index in [4.69, 9.17) is 41.9 Å². The largest absolute Gasteiger partial charge is 0.394 e. The summed E-state index contributed by atoms with van der Waals surface area (Å²) in [5.74, 6) is -0.845. The second-order valence-electron chi connectivity index (χ2n) is 10.3. The summed E-state index contributed by atoms with van der Waals surface area (Å²) in [6.45, 7) is -0.898. The molecule has 3 fully saturated rings. The highest BCUT2D eigenvalue weighted by Gasteiger charge is 2.52. The van der Waals surface area contributed by atoms with Crippen LogP contribution in [0.1, 0.15) is 12.8 Å². The fraction of sp³-hybridized carbons (Fsp3) is 0.955. The minimum absolute atomic E-state index is 0.0101. The zero-order chi connectivity index (χ0) is 29.9. The van der Waals surface area contributed by atoms with E-state index < -0.39 is 110 Å². The van der Waals surface area contributed by atoms with Crippen molar-refractivity contribution in [2.45, 2.75) is 111 Å². The van der Waals surface area contributed by atoms with Gasteiger partial charge in [-0.2, -0.15) is 0 Å². The van der Waals surface area contributed by atoms with Crippen LogP contribution in [-0.2, 0) is 23.7 Å². The van der Waals surface area contributed by atoms with Crippen molar-refractivity contribution >= 4 is 5.91 Å². The molecule has 16 atom stereocenters. The highest BCUT2D eigenvalue weighted by Crippen LogP contribution is 2.32. The van der Waals surface area contributed by atoms with E-state index in [1.807, 2.05) is 0 Å². The Labute approximate surface area is 229 Å². The standard InChI is InChI=1S/C22H43N5O13/c23-2-1-8(29)20(36)27-7-3-6(25)18(39-22-16(34)15(33)13(31)9(4-24)37-22)17(35)19(7)40-21-14(32)11(26)12(30)10(5-28)38-21/h6-19,21-22,28-35H,1-5,23-26H2,(H,27,36)/t6-,7+,8?,9+,10+,11-,12+,13+,14+,15-,16+,17-,18?,19-,21+,22+/m0/s1. The van der Waals surface area contributed by atoms with Gasteiger partial charge in [0.15, 0.2) is 12.6 Å². The SMILES string of the molecule is NCCC(O)C(=O)N[C@@H]1C[C@H](N)C(O[C@H]2O[C@H](CN)[C@@H](O)[C@H](O)[C@H]2O)[C@H](O)[C@H]1O[C@H]1O[C@H](CO)[C@@H](O)[C@H](N)[C@H]1O. The fourth-order valence-corrected chi connectivity index (χ4v) is 5.07. The number of hydrogen-bond donors (Lipinski definition) is 13. The summed E-state index contributed by atoms with van der Waals surface area (Å²) in [5.41, 5.74) is 23.1. The molecule has 18 heteroatoms. The van der Waals surface area contributed by atoms with E-state index >= 15 is 0 Å². The molecule has 1 amide bonds.